The quantitative estimate of drug-likeness (QED) is 0.320. The number of aromatic carboxylic acids is 1. The molecule has 0 bridgehead atoms. The van der Waals surface area contributed by atoms with E-state index in [4.69, 9.17) is 21.1 Å². The molecule has 2 aliphatic rings. The fourth-order valence-electron chi connectivity index (χ4n) is 5.90. The summed E-state index contributed by atoms with van der Waals surface area (Å²) in [5.74, 6) is 0.704. The highest BCUT2D eigenvalue weighted by atomic mass is 35.5. The van der Waals surface area contributed by atoms with Crippen LogP contribution in [0.5, 0.6) is 11.5 Å². The van der Waals surface area contributed by atoms with Crippen molar-refractivity contribution in [1.82, 2.24) is 4.90 Å². The lowest BCUT2D eigenvalue weighted by Gasteiger charge is -2.39. The van der Waals surface area contributed by atoms with E-state index in [1.54, 1.807) is 24.3 Å². The molecule has 7 nitrogen and oxygen atoms in total. The fraction of sp³-hybridized carbons (Fsp3) is 0.375. The lowest BCUT2D eigenvalue weighted by atomic mass is 9.77. The molecule has 0 aromatic heterocycles. The van der Waals surface area contributed by atoms with Crippen LogP contribution < -0.4 is 14.4 Å². The third kappa shape index (κ3) is 5.96. The summed E-state index contributed by atoms with van der Waals surface area (Å²) in [5, 5.41) is 9.84. The molecule has 0 unspecified atom stereocenters. The maximum absolute atomic E-state index is 13.0. The van der Waals surface area contributed by atoms with Gasteiger partial charge in [0.15, 0.2) is 0 Å². The first-order valence-electron chi connectivity index (χ1n) is 13.9. The second-order valence-corrected chi connectivity index (χ2v) is 11.1. The number of ether oxygens (including phenoxy) is 2. The zero-order valence-corrected chi connectivity index (χ0v) is 23.7. The maximum atomic E-state index is 13.0. The standard InChI is InChI=1S/C32H35ClN2O5/c1-3-39-27-16-22(17-28(40-4-2)30(27)24-6-5-7-25(33)18-24)20-34-14-12-32(13-15-34)19-29(36)35(21-32)26-10-8-23(9-11-26)31(37)38/h5-11,16-18H,3-4,12-15,19-21H2,1-2H3,(H,37,38). The van der Waals surface area contributed by atoms with Gasteiger partial charge >= 0.3 is 5.97 Å². The van der Waals surface area contributed by atoms with Crippen molar-refractivity contribution in [2.24, 2.45) is 5.41 Å². The largest absolute Gasteiger partial charge is 0.493 e. The van der Waals surface area contributed by atoms with Gasteiger partial charge in [-0.3, -0.25) is 9.69 Å². The SMILES string of the molecule is CCOc1cc(CN2CCC3(CC2)CC(=O)N(c2ccc(C(=O)O)cc2)C3)cc(OCC)c1-c1cccc(Cl)c1. The Morgan fingerprint density at radius 3 is 2.20 bits per heavy atom. The van der Waals surface area contributed by atoms with Crippen molar-refractivity contribution in [2.45, 2.75) is 39.7 Å². The summed E-state index contributed by atoms with van der Waals surface area (Å²) in [6.07, 6.45) is 2.39. The second kappa shape index (κ2) is 11.9. The second-order valence-electron chi connectivity index (χ2n) is 10.6. The minimum absolute atomic E-state index is 0.0531. The van der Waals surface area contributed by atoms with Crippen molar-refractivity contribution in [1.29, 1.82) is 0 Å². The van der Waals surface area contributed by atoms with Gasteiger partial charge in [-0.2, -0.15) is 0 Å². The molecular formula is C32H35ClN2O5. The molecule has 1 amide bonds. The average Bonchev–Trinajstić information content (AvgIpc) is 3.26. The van der Waals surface area contributed by atoms with E-state index >= 15 is 0 Å². The first-order chi connectivity index (χ1) is 19.3. The molecule has 1 N–H and O–H groups in total. The number of hydrogen-bond donors (Lipinski definition) is 1. The first kappa shape index (κ1) is 28.0. The number of carbonyl (C=O) groups excluding carboxylic acids is 1. The van der Waals surface area contributed by atoms with Gasteiger partial charge in [-0.1, -0.05) is 23.7 Å². The van der Waals surface area contributed by atoms with Crippen LogP contribution in [0.3, 0.4) is 0 Å². The van der Waals surface area contributed by atoms with E-state index in [0.717, 1.165) is 66.4 Å². The van der Waals surface area contributed by atoms with Crippen molar-refractivity contribution in [2.75, 3.05) is 37.7 Å². The molecule has 2 aliphatic heterocycles. The molecule has 210 valence electrons. The summed E-state index contributed by atoms with van der Waals surface area (Å²) < 4.78 is 12.2. The molecule has 8 heteroatoms. The summed E-state index contributed by atoms with van der Waals surface area (Å²) in [6, 6.07) is 18.5. The van der Waals surface area contributed by atoms with Crippen molar-refractivity contribution < 1.29 is 24.2 Å². The number of hydrogen-bond acceptors (Lipinski definition) is 5. The zero-order chi connectivity index (χ0) is 28.3. The Morgan fingerprint density at radius 1 is 0.975 bits per heavy atom. The fourth-order valence-corrected chi connectivity index (χ4v) is 6.09. The Bertz CT molecular complexity index is 1360. The highest BCUT2D eigenvalue weighted by Gasteiger charge is 2.45. The van der Waals surface area contributed by atoms with E-state index in [1.165, 1.54) is 0 Å². The van der Waals surface area contributed by atoms with Crippen molar-refractivity contribution >= 4 is 29.2 Å². The highest BCUT2D eigenvalue weighted by molar-refractivity contribution is 6.30. The number of nitrogens with zero attached hydrogens (tertiary/aromatic N) is 2. The van der Waals surface area contributed by atoms with Crippen LogP contribution in [-0.2, 0) is 11.3 Å². The average molecular weight is 563 g/mol. The number of carboxylic acid groups (broad SMARTS) is 1. The third-order valence-corrected chi connectivity index (χ3v) is 8.14. The Kier molecular flexibility index (Phi) is 8.33. The minimum Gasteiger partial charge on any atom is -0.493 e. The number of halogens is 1. The molecule has 3 aromatic rings. The molecule has 0 saturated carbocycles. The molecule has 0 aliphatic carbocycles. The molecule has 5 rings (SSSR count). The van der Waals surface area contributed by atoms with Crippen LogP contribution in [0.4, 0.5) is 5.69 Å². The van der Waals surface area contributed by atoms with E-state index in [9.17, 15) is 14.7 Å². The molecule has 3 aromatic carbocycles. The summed E-state index contributed by atoms with van der Waals surface area (Å²) in [5.41, 5.74) is 3.92. The lowest BCUT2D eigenvalue weighted by Crippen LogP contribution is -2.41. The van der Waals surface area contributed by atoms with Crippen LogP contribution in [0.2, 0.25) is 5.02 Å². The smallest absolute Gasteiger partial charge is 0.335 e. The number of carboxylic acids is 1. The van der Waals surface area contributed by atoms with Gasteiger partial charge in [0.25, 0.3) is 0 Å². The summed E-state index contributed by atoms with van der Waals surface area (Å²) in [4.78, 5) is 28.4. The Hall–Kier alpha value is -3.55. The van der Waals surface area contributed by atoms with E-state index < -0.39 is 5.97 Å². The predicted octanol–water partition coefficient (Wildman–Crippen LogP) is 6.52. The number of amides is 1. The van der Waals surface area contributed by atoms with Crippen LogP contribution in [0.1, 0.15) is 49.0 Å². The molecule has 0 atom stereocenters. The number of carbonyl (C=O) groups is 2. The summed E-state index contributed by atoms with van der Waals surface area (Å²) in [7, 11) is 0. The van der Waals surface area contributed by atoms with Gasteiger partial charge in [0.1, 0.15) is 11.5 Å². The molecule has 0 radical (unpaired) electrons. The van der Waals surface area contributed by atoms with Crippen LogP contribution in [0, 0.1) is 5.41 Å². The highest BCUT2D eigenvalue weighted by Crippen LogP contribution is 2.44. The molecule has 2 fully saturated rings. The van der Waals surface area contributed by atoms with E-state index in [1.807, 2.05) is 43.0 Å². The summed E-state index contributed by atoms with van der Waals surface area (Å²) >= 11 is 6.30. The Morgan fingerprint density at radius 2 is 1.62 bits per heavy atom. The van der Waals surface area contributed by atoms with Crippen LogP contribution >= 0.6 is 11.6 Å². The molecule has 40 heavy (non-hydrogen) atoms. The topological polar surface area (TPSA) is 79.3 Å². The van der Waals surface area contributed by atoms with E-state index in [0.29, 0.717) is 31.2 Å². The molecule has 2 heterocycles. The van der Waals surface area contributed by atoms with Crippen LogP contribution in [-0.4, -0.2) is 54.7 Å². The van der Waals surface area contributed by atoms with Crippen LogP contribution in [0.15, 0.2) is 60.7 Å². The normalized spacial score (nSPS) is 16.9. The van der Waals surface area contributed by atoms with Gasteiger partial charge in [-0.15, -0.1) is 0 Å². The number of likely N-dealkylation sites (tertiary alicyclic amines) is 1. The van der Waals surface area contributed by atoms with Gasteiger partial charge in [0, 0.05) is 30.2 Å². The number of piperidine rings is 1. The summed E-state index contributed by atoms with van der Waals surface area (Å²) in [6.45, 7) is 8.25. The zero-order valence-electron chi connectivity index (χ0n) is 23.0. The maximum Gasteiger partial charge on any atom is 0.335 e. The Labute approximate surface area is 240 Å². The van der Waals surface area contributed by atoms with Gasteiger partial charge in [0.05, 0.1) is 24.3 Å². The molecule has 1 spiro atoms. The lowest BCUT2D eigenvalue weighted by molar-refractivity contribution is -0.118. The van der Waals surface area contributed by atoms with Gasteiger partial charge in [-0.25, -0.2) is 4.79 Å². The third-order valence-electron chi connectivity index (χ3n) is 7.91. The van der Waals surface area contributed by atoms with E-state index in [-0.39, 0.29) is 16.9 Å². The number of rotatable bonds is 9. The minimum atomic E-state index is -0.969. The molecule has 2 saturated heterocycles. The predicted molar refractivity (Wildman–Crippen MR) is 157 cm³/mol. The monoisotopic (exact) mass is 562 g/mol. The van der Waals surface area contributed by atoms with Gasteiger partial charge in [0.2, 0.25) is 5.91 Å². The van der Waals surface area contributed by atoms with Crippen molar-refractivity contribution in [3.05, 3.63) is 76.8 Å². The van der Waals surface area contributed by atoms with Crippen molar-refractivity contribution in [3.8, 4) is 22.6 Å². The first-order valence-corrected chi connectivity index (χ1v) is 14.2. The van der Waals surface area contributed by atoms with Crippen LogP contribution in [0.25, 0.3) is 11.1 Å². The number of benzene rings is 3. The molecular weight excluding hydrogens is 528 g/mol. The van der Waals surface area contributed by atoms with Gasteiger partial charge < -0.3 is 19.5 Å². The van der Waals surface area contributed by atoms with Crippen molar-refractivity contribution in [3.63, 3.8) is 0 Å². The Balaban J connectivity index is 1.30. The van der Waals surface area contributed by atoms with E-state index in [2.05, 4.69) is 17.0 Å². The number of anilines is 1. The van der Waals surface area contributed by atoms with Gasteiger partial charge in [-0.05, 0) is 105 Å².